The molecule has 2 atom stereocenters. The lowest BCUT2D eigenvalue weighted by Crippen LogP contribution is -2.30. The Kier molecular flexibility index (Phi) is 3.69. The van der Waals surface area contributed by atoms with Crippen LogP contribution in [-0.2, 0) is 10.0 Å². The molecule has 1 aromatic carbocycles. The van der Waals surface area contributed by atoms with E-state index in [1.165, 1.54) is 0 Å². The van der Waals surface area contributed by atoms with Gasteiger partial charge in [-0.15, -0.1) is 0 Å². The molecule has 0 amide bonds. The number of nitrogens with two attached hydrogens (primary N) is 1. The minimum absolute atomic E-state index is 0.233. The quantitative estimate of drug-likeness (QED) is 0.931. The lowest BCUT2D eigenvalue weighted by molar-refractivity contribution is 0.457. The summed E-state index contributed by atoms with van der Waals surface area (Å²) in [6.45, 7) is 3.61. The molecule has 1 aromatic heterocycles. The van der Waals surface area contributed by atoms with E-state index in [0.29, 0.717) is 30.4 Å². The molecule has 1 aliphatic heterocycles. The number of aromatic nitrogens is 1. The van der Waals surface area contributed by atoms with Crippen LogP contribution in [0.4, 0.5) is 0 Å². The predicted octanol–water partition coefficient (Wildman–Crippen LogP) is 1.45. The van der Waals surface area contributed by atoms with E-state index in [9.17, 15) is 8.42 Å². The van der Waals surface area contributed by atoms with Crippen LogP contribution in [0, 0.1) is 11.8 Å². The number of pyridine rings is 1. The number of hydrogen-bond acceptors (Lipinski definition) is 4. The first-order valence-electron chi connectivity index (χ1n) is 7.07. The summed E-state index contributed by atoms with van der Waals surface area (Å²) in [6, 6.07) is 7.05. The molecule has 0 spiro atoms. The first-order chi connectivity index (χ1) is 10.0. The van der Waals surface area contributed by atoms with Crippen molar-refractivity contribution in [3.05, 3.63) is 36.7 Å². The third-order valence-electron chi connectivity index (χ3n) is 4.30. The highest BCUT2D eigenvalue weighted by molar-refractivity contribution is 7.89. The molecule has 1 aliphatic rings. The van der Waals surface area contributed by atoms with Gasteiger partial charge in [-0.2, -0.15) is 4.31 Å². The fraction of sp³-hybridized carbons (Fsp3) is 0.400. The minimum Gasteiger partial charge on any atom is -0.330 e. The van der Waals surface area contributed by atoms with Crippen molar-refractivity contribution in [1.29, 1.82) is 0 Å². The molecule has 0 saturated carbocycles. The van der Waals surface area contributed by atoms with Gasteiger partial charge in [0.15, 0.2) is 0 Å². The Morgan fingerprint density at radius 1 is 1.33 bits per heavy atom. The molecule has 0 aliphatic carbocycles. The fourth-order valence-electron chi connectivity index (χ4n) is 2.95. The predicted molar refractivity (Wildman–Crippen MR) is 82.2 cm³/mol. The van der Waals surface area contributed by atoms with Crippen molar-refractivity contribution < 1.29 is 8.42 Å². The molecule has 5 nitrogen and oxygen atoms in total. The second-order valence-corrected chi connectivity index (χ2v) is 7.55. The van der Waals surface area contributed by atoms with Crippen LogP contribution in [0.3, 0.4) is 0 Å². The SMILES string of the molecule is C[C@H]1CN(S(=O)(=O)c2cccc3cnccc23)C[C@H]1CN. The standard InChI is InChI=1S/C15H19N3O2S/c1-11-9-18(10-13(11)7-16)21(19,20)15-4-2-3-12-8-17-6-5-14(12)15/h2-6,8,11,13H,7,9-10,16H2,1H3/t11-,13+/m0/s1. The van der Waals surface area contributed by atoms with Gasteiger partial charge in [0.1, 0.15) is 0 Å². The molecule has 0 unspecified atom stereocenters. The minimum atomic E-state index is -3.49. The number of hydrogen-bond donors (Lipinski definition) is 1. The Hall–Kier alpha value is -1.50. The van der Waals surface area contributed by atoms with Crippen molar-refractivity contribution in [2.24, 2.45) is 17.6 Å². The van der Waals surface area contributed by atoms with E-state index in [4.69, 9.17) is 5.73 Å². The fourth-order valence-corrected chi connectivity index (χ4v) is 4.76. The molecule has 3 rings (SSSR count). The van der Waals surface area contributed by atoms with Crippen LogP contribution < -0.4 is 5.73 Å². The van der Waals surface area contributed by atoms with Crippen LogP contribution in [0.15, 0.2) is 41.6 Å². The summed E-state index contributed by atoms with van der Waals surface area (Å²) in [6.07, 6.45) is 3.31. The highest BCUT2D eigenvalue weighted by Gasteiger charge is 2.36. The van der Waals surface area contributed by atoms with E-state index in [1.807, 2.05) is 6.07 Å². The van der Waals surface area contributed by atoms with E-state index < -0.39 is 10.0 Å². The van der Waals surface area contributed by atoms with Gasteiger partial charge in [-0.1, -0.05) is 19.1 Å². The van der Waals surface area contributed by atoms with Gasteiger partial charge in [0, 0.05) is 36.3 Å². The lowest BCUT2D eigenvalue weighted by atomic mass is 9.99. The van der Waals surface area contributed by atoms with Gasteiger partial charge in [0.25, 0.3) is 0 Å². The molecule has 0 radical (unpaired) electrons. The Balaban J connectivity index is 2.06. The first-order valence-corrected chi connectivity index (χ1v) is 8.51. The first kappa shape index (κ1) is 14.4. The molecule has 6 heteroatoms. The maximum Gasteiger partial charge on any atom is 0.243 e. The summed E-state index contributed by atoms with van der Waals surface area (Å²) in [5, 5.41) is 1.55. The van der Waals surface area contributed by atoms with Crippen LogP contribution in [0.5, 0.6) is 0 Å². The summed E-state index contributed by atoms with van der Waals surface area (Å²) < 4.78 is 27.4. The van der Waals surface area contributed by atoms with Gasteiger partial charge in [-0.05, 0) is 30.5 Å². The normalized spacial score (nSPS) is 23.7. The molecule has 2 N–H and O–H groups in total. The Morgan fingerprint density at radius 3 is 2.86 bits per heavy atom. The van der Waals surface area contributed by atoms with Gasteiger partial charge >= 0.3 is 0 Å². The second-order valence-electron chi connectivity index (χ2n) is 5.65. The van der Waals surface area contributed by atoms with Gasteiger partial charge in [0.05, 0.1) is 4.90 Å². The van der Waals surface area contributed by atoms with Crippen LogP contribution in [0.2, 0.25) is 0 Å². The molecule has 1 fully saturated rings. The van der Waals surface area contributed by atoms with Crippen molar-refractivity contribution in [3.63, 3.8) is 0 Å². The van der Waals surface area contributed by atoms with Crippen molar-refractivity contribution in [3.8, 4) is 0 Å². The van der Waals surface area contributed by atoms with Gasteiger partial charge in [0.2, 0.25) is 10.0 Å². The van der Waals surface area contributed by atoms with Crippen LogP contribution in [0.25, 0.3) is 10.8 Å². The highest BCUT2D eigenvalue weighted by atomic mass is 32.2. The zero-order chi connectivity index (χ0) is 15.0. The topological polar surface area (TPSA) is 76.3 Å². The van der Waals surface area contributed by atoms with E-state index >= 15 is 0 Å². The number of benzene rings is 1. The molecule has 2 aromatic rings. The van der Waals surface area contributed by atoms with Crippen molar-refractivity contribution in [2.45, 2.75) is 11.8 Å². The number of sulfonamides is 1. The molecular formula is C15H19N3O2S. The summed E-state index contributed by atoms with van der Waals surface area (Å²) in [4.78, 5) is 4.40. The lowest BCUT2D eigenvalue weighted by Gasteiger charge is -2.17. The van der Waals surface area contributed by atoms with E-state index in [1.54, 1.807) is 34.9 Å². The molecule has 0 bridgehead atoms. The molecule has 2 heterocycles. The third kappa shape index (κ3) is 2.43. The number of fused-ring (bicyclic) bond motifs is 1. The van der Waals surface area contributed by atoms with Gasteiger partial charge in [-0.3, -0.25) is 4.98 Å². The Bertz CT molecular complexity index is 755. The Morgan fingerprint density at radius 2 is 2.14 bits per heavy atom. The second kappa shape index (κ2) is 5.36. The summed E-state index contributed by atoms with van der Waals surface area (Å²) in [5.74, 6) is 0.526. The van der Waals surface area contributed by atoms with E-state index in [0.717, 1.165) is 10.8 Å². The van der Waals surface area contributed by atoms with E-state index in [2.05, 4.69) is 11.9 Å². The van der Waals surface area contributed by atoms with Crippen molar-refractivity contribution in [1.82, 2.24) is 9.29 Å². The van der Waals surface area contributed by atoms with E-state index in [-0.39, 0.29) is 5.92 Å². The molecular weight excluding hydrogens is 286 g/mol. The van der Waals surface area contributed by atoms with Crippen molar-refractivity contribution >= 4 is 20.8 Å². The largest absolute Gasteiger partial charge is 0.330 e. The maximum absolute atomic E-state index is 12.9. The highest BCUT2D eigenvalue weighted by Crippen LogP contribution is 2.31. The summed E-state index contributed by atoms with van der Waals surface area (Å²) in [5.41, 5.74) is 5.73. The number of rotatable bonds is 3. The van der Waals surface area contributed by atoms with Gasteiger partial charge in [-0.25, -0.2) is 8.42 Å². The molecule has 1 saturated heterocycles. The van der Waals surface area contributed by atoms with Crippen LogP contribution >= 0.6 is 0 Å². The third-order valence-corrected chi connectivity index (χ3v) is 6.19. The summed E-state index contributed by atoms with van der Waals surface area (Å²) in [7, 11) is -3.49. The Labute approximate surface area is 124 Å². The average Bonchev–Trinajstić information content (AvgIpc) is 2.88. The zero-order valence-electron chi connectivity index (χ0n) is 11.9. The maximum atomic E-state index is 12.9. The molecule has 21 heavy (non-hydrogen) atoms. The number of nitrogens with zero attached hydrogens (tertiary/aromatic N) is 2. The van der Waals surface area contributed by atoms with Crippen molar-refractivity contribution in [2.75, 3.05) is 19.6 Å². The zero-order valence-corrected chi connectivity index (χ0v) is 12.8. The van der Waals surface area contributed by atoms with Gasteiger partial charge < -0.3 is 5.73 Å². The monoisotopic (exact) mass is 305 g/mol. The summed E-state index contributed by atoms with van der Waals surface area (Å²) >= 11 is 0. The van der Waals surface area contributed by atoms with Crippen LogP contribution in [0.1, 0.15) is 6.92 Å². The smallest absolute Gasteiger partial charge is 0.243 e. The average molecular weight is 305 g/mol. The molecule has 112 valence electrons. The van der Waals surface area contributed by atoms with Crippen LogP contribution in [-0.4, -0.2) is 37.3 Å².